The average molecular weight is 282 g/mol. The normalized spacial score (nSPS) is 13.3. The van der Waals surface area contributed by atoms with Crippen molar-refractivity contribution in [2.75, 3.05) is 19.7 Å². The van der Waals surface area contributed by atoms with Crippen LogP contribution >= 0.6 is 15.9 Å². The summed E-state index contributed by atoms with van der Waals surface area (Å²) in [6.45, 7) is 6.42. The van der Waals surface area contributed by atoms with Crippen LogP contribution in [0.1, 0.15) is 11.1 Å². The standard InChI is InChI=1S/C13H16BrNO/c1-10(14)9-15-6-4-11-2-3-13-12(8-11)5-7-16-13/h2-3,8,15H,1,4-7,9H2. The molecule has 1 N–H and O–H groups in total. The molecule has 1 aromatic carbocycles. The molecule has 0 unspecified atom stereocenters. The first kappa shape index (κ1) is 11.7. The Morgan fingerprint density at radius 2 is 2.38 bits per heavy atom. The Labute approximate surface area is 105 Å². The molecule has 1 aliphatic rings. The Hall–Kier alpha value is -0.800. The molecule has 3 heteroatoms. The lowest BCUT2D eigenvalue weighted by Gasteiger charge is -2.05. The van der Waals surface area contributed by atoms with Crippen molar-refractivity contribution in [2.45, 2.75) is 12.8 Å². The quantitative estimate of drug-likeness (QED) is 0.838. The summed E-state index contributed by atoms with van der Waals surface area (Å²) in [4.78, 5) is 0. The maximum absolute atomic E-state index is 5.48. The van der Waals surface area contributed by atoms with E-state index in [0.717, 1.165) is 42.8 Å². The van der Waals surface area contributed by atoms with Gasteiger partial charge in [-0.15, -0.1) is 0 Å². The van der Waals surface area contributed by atoms with Gasteiger partial charge in [0, 0.05) is 17.4 Å². The average Bonchev–Trinajstić information content (AvgIpc) is 2.71. The minimum absolute atomic E-state index is 0.827. The predicted molar refractivity (Wildman–Crippen MR) is 70.3 cm³/mol. The fourth-order valence-corrected chi connectivity index (χ4v) is 2.05. The van der Waals surface area contributed by atoms with Gasteiger partial charge in [0.1, 0.15) is 5.75 Å². The van der Waals surface area contributed by atoms with Crippen LogP contribution in [0.3, 0.4) is 0 Å². The van der Waals surface area contributed by atoms with Gasteiger partial charge in [-0.05, 0) is 30.2 Å². The maximum atomic E-state index is 5.48. The molecule has 0 amide bonds. The molecule has 1 aromatic rings. The smallest absolute Gasteiger partial charge is 0.122 e. The molecule has 0 spiro atoms. The van der Waals surface area contributed by atoms with Gasteiger partial charge >= 0.3 is 0 Å². The van der Waals surface area contributed by atoms with E-state index in [1.54, 1.807) is 0 Å². The van der Waals surface area contributed by atoms with Gasteiger partial charge in [-0.3, -0.25) is 0 Å². The number of hydrogen-bond donors (Lipinski definition) is 1. The summed E-state index contributed by atoms with van der Waals surface area (Å²) >= 11 is 3.33. The molecule has 0 aliphatic carbocycles. The van der Waals surface area contributed by atoms with Crippen LogP contribution in [0.2, 0.25) is 0 Å². The lowest BCUT2D eigenvalue weighted by atomic mass is 10.1. The molecule has 16 heavy (non-hydrogen) atoms. The minimum Gasteiger partial charge on any atom is -0.493 e. The first-order valence-corrected chi connectivity index (χ1v) is 6.33. The highest BCUT2D eigenvalue weighted by molar-refractivity contribution is 9.11. The third kappa shape index (κ3) is 3.09. The first-order chi connectivity index (χ1) is 7.75. The molecule has 2 rings (SSSR count). The van der Waals surface area contributed by atoms with E-state index in [4.69, 9.17) is 4.74 Å². The monoisotopic (exact) mass is 281 g/mol. The van der Waals surface area contributed by atoms with E-state index in [1.807, 2.05) is 0 Å². The Kier molecular flexibility index (Phi) is 4.02. The van der Waals surface area contributed by atoms with Gasteiger partial charge in [-0.1, -0.05) is 34.6 Å². The topological polar surface area (TPSA) is 21.3 Å². The molecular formula is C13H16BrNO. The van der Waals surface area contributed by atoms with E-state index in [-0.39, 0.29) is 0 Å². The molecule has 1 aliphatic heterocycles. The molecule has 0 saturated heterocycles. The van der Waals surface area contributed by atoms with Crippen molar-refractivity contribution in [3.8, 4) is 5.75 Å². The number of fused-ring (bicyclic) bond motifs is 1. The van der Waals surface area contributed by atoms with Gasteiger partial charge in [0.25, 0.3) is 0 Å². The SMILES string of the molecule is C=C(Br)CNCCc1ccc2c(c1)CCO2. The summed E-state index contributed by atoms with van der Waals surface area (Å²) < 4.78 is 6.47. The van der Waals surface area contributed by atoms with E-state index >= 15 is 0 Å². The van der Waals surface area contributed by atoms with E-state index in [2.05, 4.69) is 46.0 Å². The van der Waals surface area contributed by atoms with Crippen molar-refractivity contribution < 1.29 is 4.74 Å². The third-order valence-corrected chi connectivity index (χ3v) is 2.94. The Morgan fingerprint density at radius 3 is 3.19 bits per heavy atom. The van der Waals surface area contributed by atoms with Crippen LogP contribution in [0.25, 0.3) is 0 Å². The molecule has 0 atom stereocenters. The van der Waals surface area contributed by atoms with Gasteiger partial charge in [0.2, 0.25) is 0 Å². The highest BCUT2D eigenvalue weighted by Gasteiger charge is 2.11. The zero-order valence-electron chi connectivity index (χ0n) is 9.26. The summed E-state index contributed by atoms with van der Waals surface area (Å²) in [5.74, 6) is 1.06. The molecule has 86 valence electrons. The zero-order chi connectivity index (χ0) is 11.4. The fourth-order valence-electron chi connectivity index (χ4n) is 1.85. The number of ether oxygens (including phenoxy) is 1. The van der Waals surface area contributed by atoms with E-state index in [1.165, 1.54) is 11.1 Å². The summed E-state index contributed by atoms with van der Waals surface area (Å²) in [7, 11) is 0. The second kappa shape index (κ2) is 5.51. The molecular weight excluding hydrogens is 266 g/mol. The summed E-state index contributed by atoms with van der Waals surface area (Å²) in [5, 5.41) is 3.32. The van der Waals surface area contributed by atoms with Gasteiger partial charge in [0.15, 0.2) is 0 Å². The minimum atomic E-state index is 0.827. The van der Waals surface area contributed by atoms with E-state index in [9.17, 15) is 0 Å². The predicted octanol–water partition coefficient (Wildman–Crippen LogP) is 2.66. The van der Waals surface area contributed by atoms with Crippen LogP contribution in [0.5, 0.6) is 5.75 Å². The van der Waals surface area contributed by atoms with Crippen molar-refractivity contribution in [1.29, 1.82) is 0 Å². The zero-order valence-corrected chi connectivity index (χ0v) is 10.8. The Balaban J connectivity index is 1.83. The summed E-state index contributed by atoms with van der Waals surface area (Å²) in [6.07, 6.45) is 2.10. The molecule has 2 nitrogen and oxygen atoms in total. The van der Waals surface area contributed by atoms with Crippen molar-refractivity contribution in [3.63, 3.8) is 0 Å². The van der Waals surface area contributed by atoms with Crippen LogP contribution in [0.4, 0.5) is 0 Å². The van der Waals surface area contributed by atoms with Gasteiger partial charge in [0.05, 0.1) is 6.61 Å². The van der Waals surface area contributed by atoms with Crippen molar-refractivity contribution in [1.82, 2.24) is 5.32 Å². The molecule has 0 radical (unpaired) electrons. The lowest BCUT2D eigenvalue weighted by molar-refractivity contribution is 0.357. The Morgan fingerprint density at radius 1 is 1.50 bits per heavy atom. The van der Waals surface area contributed by atoms with Gasteiger partial charge < -0.3 is 10.1 Å². The summed E-state index contributed by atoms with van der Waals surface area (Å²) in [5.41, 5.74) is 2.72. The number of benzene rings is 1. The largest absolute Gasteiger partial charge is 0.493 e. The number of nitrogens with one attached hydrogen (secondary N) is 1. The van der Waals surface area contributed by atoms with Crippen LogP contribution in [-0.4, -0.2) is 19.7 Å². The molecule has 0 aromatic heterocycles. The van der Waals surface area contributed by atoms with Crippen LogP contribution in [0.15, 0.2) is 29.3 Å². The fraction of sp³-hybridized carbons (Fsp3) is 0.385. The number of rotatable bonds is 5. The van der Waals surface area contributed by atoms with Gasteiger partial charge in [-0.25, -0.2) is 0 Å². The van der Waals surface area contributed by atoms with Gasteiger partial charge in [-0.2, -0.15) is 0 Å². The van der Waals surface area contributed by atoms with E-state index < -0.39 is 0 Å². The maximum Gasteiger partial charge on any atom is 0.122 e. The molecule has 0 bridgehead atoms. The van der Waals surface area contributed by atoms with E-state index in [0.29, 0.717) is 0 Å². The summed E-state index contributed by atoms with van der Waals surface area (Å²) in [6, 6.07) is 6.49. The highest BCUT2D eigenvalue weighted by Crippen LogP contribution is 2.25. The van der Waals surface area contributed by atoms with Crippen LogP contribution < -0.4 is 10.1 Å². The molecule has 1 heterocycles. The highest BCUT2D eigenvalue weighted by atomic mass is 79.9. The molecule has 0 saturated carbocycles. The second-order valence-electron chi connectivity index (χ2n) is 3.98. The van der Waals surface area contributed by atoms with Crippen LogP contribution in [0, 0.1) is 0 Å². The number of halogens is 1. The van der Waals surface area contributed by atoms with Crippen molar-refractivity contribution >= 4 is 15.9 Å². The second-order valence-corrected chi connectivity index (χ2v) is 5.11. The lowest BCUT2D eigenvalue weighted by Crippen LogP contribution is -2.18. The number of hydrogen-bond acceptors (Lipinski definition) is 2. The Bertz CT molecular complexity index is 390. The molecule has 0 fully saturated rings. The van der Waals surface area contributed by atoms with Crippen molar-refractivity contribution in [2.24, 2.45) is 0 Å². The third-order valence-electron chi connectivity index (χ3n) is 2.66. The van der Waals surface area contributed by atoms with Crippen LogP contribution in [-0.2, 0) is 12.8 Å². The first-order valence-electron chi connectivity index (χ1n) is 5.54. The van der Waals surface area contributed by atoms with Crippen molar-refractivity contribution in [3.05, 3.63) is 40.4 Å².